The molecular formula is C10H14NS. The van der Waals surface area contributed by atoms with Crippen molar-refractivity contribution in [1.82, 2.24) is 5.73 Å². The molecule has 0 aliphatic heterocycles. The second-order valence-electron chi connectivity index (χ2n) is 2.62. The first-order valence-corrected chi connectivity index (χ1v) is 5.24. The van der Waals surface area contributed by atoms with Crippen LogP contribution in [0, 0.1) is 0 Å². The van der Waals surface area contributed by atoms with Gasteiger partial charge in [-0.3, -0.25) is 5.73 Å². The highest BCUT2D eigenvalue weighted by atomic mass is 32.2. The molecule has 1 radical (unpaired) electrons. The third kappa shape index (κ3) is 3.79. The minimum atomic E-state index is 0.565. The molecule has 0 bridgehead atoms. The second kappa shape index (κ2) is 6.09. The molecule has 65 valence electrons. The molecule has 2 heteroatoms. The monoisotopic (exact) mass is 180 g/mol. The van der Waals surface area contributed by atoms with Crippen molar-refractivity contribution in [2.45, 2.75) is 17.7 Å². The van der Waals surface area contributed by atoms with Gasteiger partial charge in [0.05, 0.1) is 0 Å². The van der Waals surface area contributed by atoms with Gasteiger partial charge in [-0.2, -0.15) is 0 Å². The zero-order valence-electron chi connectivity index (χ0n) is 7.12. The van der Waals surface area contributed by atoms with Crippen molar-refractivity contribution in [3.63, 3.8) is 0 Å². The van der Waals surface area contributed by atoms with Crippen LogP contribution in [0.25, 0.3) is 0 Å². The molecule has 0 saturated carbocycles. The van der Waals surface area contributed by atoms with E-state index >= 15 is 0 Å². The molecule has 0 heterocycles. The van der Waals surface area contributed by atoms with E-state index in [1.165, 1.54) is 4.90 Å². The number of nitrogens with one attached hydrogen (secondary N) is 1. The van der Waals surface area contributed by atoms with Crippen LogP contribution in [0.2, 0.25) is 0 Å². The fourth-order valence-electron chi connectivity index (χ4n) is 0.934. The van der Waals surface area contributed by atoms with Gasteiger partial charge in [0, 0.05) is 11.4 Å². The molecule has 1 rings (SSSR count). The number of hydrogen-bond donors (Lipinski definition) is 0. The van der Waals surface area contributed by atoms with E-state index in [-0.39, 0.29) is 0 Å². The van der Waals surface area contributed by atoms with Gasteiger partial charge < -0.3 is 0 Å². The number of hydrogen-bond acceptors (Lipinski definition) is 1. The Bertz CT molecular complexity index is 198. The maximum Gasteiger partial charge on any atom is 0.0100 e. The van der Waals surface area contributed by atoms with Gasteiger partial charge in [-0.1, -0.05) is 18.2 Å². The highest BCUT2D eigenvalue weighted by Crippen LogP contribution is 2.17. The lowest BCUT2D eigenvalue weighted by atomic mass is 10.3. The summed E-state index contributed by atoms with van der Waals surface area (Å²) >= 11 is 1.88. The minimum absolute atomic E-state index is 0.565. The molecule has 1 aromatic carbocycles. The first-order valence-electron chi connectivity index (χ1n) is 4.26. The first kappa shape index (κ1) is 9.62. The zero-order valence-corrected chi connectivity index (χ0v) is 7.94. The summed E-state index contributed by atoms with van der Waals surface area (Å²) < 4.78 is 0. The number of benzene rings is 1. The Balaban J connectivity index is 2.16. The summed E-state index contributed by atoms with van der Waals surface area (Å²) in [7, 11) is 0. The summed E-state index contributed by atoms with van der Waals surface area (Å²) in [6.45, 7) is 0.565. The van der Waals surface area contributed by atoms with Crippen LogP contribution in [0.1, 0.15) is 12.8 Å². The summed E-state index contributed by atoms with van der Waals surface area (Å²) in [5.74, 6) is 1.14. The Morgan fingerprint density at radius 2 is 1.83 bits per heavy atom. The fourth-order valence-corrected chi connectivity index (χ4v) is 1.87. The lowest BCUT2D eigenvalue weighted by Gasteiger charge is -1.99. The van der Waals surface area contributed by atoms with Gasteiger partial charge in [0.25, 0.3) is 0 Å². The highest BCUT2D eigenvalue weighted by Gasteiger charge is 1.91. The molecule has 0 aromatic heterocycles. The topological polar surface area (TPSA) is 23.8 Å². The zero-order chi connectivity index (χ0) is 8.65. The smallest absolute Gasteiger partial charge is 0.0100 e. The molecule has 0 aliphatic carbocycles. The van der Waals surface area contributed by atoms with E-state index in [1.54, 1.807) is 0 Å². The van der Waals surface area contributed by atoms with Gasteiger partial charge in [0.2, 0.25) is 0 Å². The maximum atomic E-state index is 6.98. The Hall–Kier alpha value is -0.470. The Kier molecular flexibility index (Phi) is 4.88. The fraction of sp³-hybridized carbons (Fsp3) is 0.400. The predicted molar refractivity (Wildman–Crippen MR) is 54.4 cm³/mol. The molecule has 1 aromatic rings. The molecular weight excluding hydrogens is 166 g/mol. The van der Waals surface area contributed by atoms with Crippen molar-refractivity contribution in [2.75, 3.05) is 12.3 Å². The van der Waals surface area contributed by atoms with Gasteiger partial charge >= 0.3 is 0 Å². The van der Waals surface area contributed by atoms with E-state index in [0.29, 0.717) is 6.54 Å². The van der Waals surface area contributed by atoms with Crippen molar-refractivity contribution >= 4 is 11.8 Å². The third-order valence-corrected chi connectivity index (χ3v) is 2.68. The molecule has 1 N–H and O–H groups in total. The summed E-state index contributed by atoms with van der Waals surface area (Å²) in [6.07, 6.45) is 2.18. The lowest BCUT2D eigenvalue weighted by molar-refractivity contribution is 0.800. The Morgan fingerprint density at radius 3 is 2.50 bits per heavy atom. The van der Waals surface area contributed by atoms with Crippen molar-refractivity contribution < 1.29 is 0 Å². The SMILES string of the molecule is [NH]CCCCSc1ccccc1. The van der Waals surface area contributed by atoms with Gasteiger partial charge in [0.15, 0.2) is 0 Å². The molecule has 0 aliphatic rings. The molecule has 0 amide bonds. The van der Waals surface area contributed by atoms with Crippen LogP contribution in [-0.4, -0.2) is 12.3 Å². The van der Waals surface area contributed by atoms with Gasteiger partial charge in [0.1, 0.15) is 0 Å². The van der Waals surface area contributed by atoms with Crippen LogP contribution in [0.3, 0.4) is 0 Å². The summed E-state index contributed by atoms with van der Waals surface area (Å²) in [4.78, 5) is 1.34. The van der Waals surface area contributed by atoms with Crippen molar-refractivity contribution in [3.8, 4) is 0 Å². The van der Waals surface area contributed by atoms with Crippen molar-refractivity contribution in [3.05, 3.63) is 30.3 Å². The first-order chi connectivity index (χ1) is 5.93. The average Bonchev–Trinajstić information content (AvgIpc) is 2.14. The standard InChI is InChI=1S/C10H14NS/c11-8-4-5-9-12-10-6-2-1-3-7-10/h1-3,6-7,11H,4-5,8-9H2. The van der Waals surface area contributed by atoms with Crippen molar-refractivity contribution in [2.24, 2.45) is 0 Å². The van der Waals surface area contributed by atoms with Crippen LogP contribution >= 0.6 is 11.8 Å². The van der Waals surface area contributed by atoms with Crippen LogP contribution < -0.4 is 5.73 Å². The van der Waals surface area contributed by atoms with Crippen LogP contribution in [0.4, 0.5) is 0 Å². The maximum absolute atomic E-state index is 6.98. The number of unbranched alkanes of at least 4 members (excludes halogenated alkanes) is 1. The number of rotatable bonds is 5. The van der Waals surface area contributed by atoms with Crippen LogP contribution in [0.15, 0.2) is 35.2 Å². The molecule has 0 unspecified atom stereocenters. The van der Waals surface area contributed by atoms with E-state index in [4.69, 9.17) is 5.73 Å². The quantitative estimate of drug-likeness (QED) is 0.505. The van der Waals surface area contributed by atoms with Gasteiger partial charge in [-0.25, -0.2) is 0 Å². The van der Waals surface area contributed by atoms with Crippen LogP contribution in [0.5, 0.6) is 0 Å². The predicted octanol–water partition coefficient (Wildman–Crippen LogP) is 2.84. The average molecular weight is 180 g/mol. The second-order valence-corrected chi connectivity index (χ2v) is 3.79. The Morgan fingerprint density at radius 1 is 1.08 bits per heavy atom. The molecule has 0 fully saturated rings. The molecule has 12 heavy (non-hydrogen) atoms. The highest BCUT2D eigenvalue weighted by molar-refractivity contribution is 7.99. The molecule has 0 atom stereocenters. The minimum Gasteiger partial charge on any atom is -0.258 e. The summed E-state index contributed by atoms with van der Waals surface area (Å²) in [6, 6.07) is 10.4. The van der Waals surface area contributed by atoms with E-state index in [2.05, 4.69) is 24.3 Å². The normalized spacial score (nSPS) is 10.1. The number of thioether (sulfide) groups is 1. The largest absolute Gasteiger partial charge is 0.258 e. The molecule has 1 nitrogen and oxygen atoms in total. The summed E-state index contributed by atoms with van der Waals surface area (Å²) in [5.41, 5.74) is 6.98. The van der Waals surface area contributed by atoms with E-state index in [1.807, 2.05) is 17.8 Å². The van der Waals surface area contributed by atoms with Gasteiger partial charge in [-0.15, -0.1) is 11.8 Å². The third-order valence-electron chi connectivity index (χ3n) is 1.58. The Labute approximate surface area is 78.4 Å². The molecule has 0 spiro atoms. The summed E-state index contributed by atoms with van der Waals surface area (Å²) in [5, 5.41) is 0. The van der Waals surface area contributed by atoms with E-state index in [0.717, 1.165) is 18.6 Å². The lowest BCUT2D eigenvalue weighted by Crippen LogP contribution is -1.86. The van der Waals surface area contributed by atoms with Crippen LogP contribution in [-0.2, 0) is 0 Å². The van der Waals surface area contributed by atoms with Crippen molar-refractivity contribution in [1.29, 1.82) is 0 Å². The molecule has 0 saturated heterocycles. The van der Waals surface area contributed by atoms with Gasteiger partial charge in [-0.05, 0) is 30.7 Å². The van der Waals surface area contributed by atoms with E-state index in [9.17, 15) is 0 Å². The van der Waals surface area contributed by atoms with E-state index < -0.39 is 0 Å².